The van der Waals surface area contributed by atoms with Crippen molar-refractivity contribution >= 4 is 17.5 Å². The number of aryl methyl sites for hydroxylation is 1. The topological polar surface area (TPSA) is 29.1 Å². The zero-order valence-electron chi connectivity index (χ0n) is 11.3. The number of nitrogens with one attached hydrogen (secondary N) is 1. The zero-order chi connectivity index (χ0) is 14.7. The average molecular weight is 292 g/mol. The summed E-state index contributed by atoms with van der Waals surface area (Å²) in [5.74, 6) is -1.13. The number of carbonyl (C=O) groups excluding carboxylic acids is 1. The Morgan fingerprint density at radius 3 is 2.55 bits per heavy atom. The van der Waals surface area contributed by atoms with Crippen LogP contribution >= 0.6 is 11.6 Å². The molecular formula is C16H15ClFNO. The molecule has 4 heteroatoms. The summed E-state index contributed by atoms with van der Waals surface area (Å²) < 4.78 is 13.7. The predicted octanol–water partition coefficient (Wildman–Crippen LogP) is 4.28. The highest BCUT2D eigenvalue weighted by molar-refractivity contribution is 6.33. The standard InChI is InChI=1S/C16H15ClFNO/c1-10-6-3-4-7-12(10)11(2)19-16(20)15-13(17)8-5-9-14(15)18/h3-9,11H,1-2H3,(H,19,20). The number of halogens is 2. The smallest absolute Gasteiger partial charge is 0.256 e. The van der Waals surface area contributed by atoms with Crippen LogP contribution in [-0.2, 0) is 0 Å². The average Bonchev–Trinajstić information content (AvgIpc) is 2.38. The van der Waals surface area contributed by atoms with E-state index >= 15 is 0 Å². The van der Waals surface area contributed by atoms with Crippen LogP contribution < -0.4 is 5.32 Å². The van der Waals surface area contributed by atoms with Gasteiger partial charge >= 0.3 is 0 Å². The summed E-state index contributed by atoms with van der Waals surface area (Å²) >= 11 is 5.88. The monoisotopic (exact) mass is 291 g/mol. The minimum absolute atomic E-state index is 0.111. The molecule has 0 aliphatic rings. The first kappa shape index (κ1) is 14.5. The Kier molecular flexibility index (Phi) is 4.40. The fourth-order valence-corrected chi connectivity index (χ4v) is 2.38. The summed E-state index contributed by atoms with van der Waals surface area (Å²) in [6.07, 6.45) is 0. The van der Waals surface area contributed by atoms with Crippen LogP contribution in [0.4, 0.5) is 4.39 Å². The molecule has 0 spiro atoms. The Hall–Kier alpha value is -1.87. The first-order valence-electron chi connectivity index (χ1n) is 6.31. The molecule has 0 heterocycles. The van der Waals surface area contributed by atoms with Crippen molar-refractivity contribution in [3.63, 3.8) is 0 Å². The minimum atomic E-state index is -0.619. The molecule has 0 bridgehead atoms. The van der Waals surface area contributed by atoms with Gasteiger partial charge in [-0.1, -0.05) is 41.9 Å². The molecule has 2 aromatic rings. The van der Waals surface area contributed by atoms with Crippen molar-refractivity contribution in [3.05, 3.63) is 70.0 Å². The maximum atomic E-state index is 13.7. The maximum absolute atomic E-state index is 13.7. The summed E-state index contributed by atoms with van der Waals surface area (Å²) in [6, 6.07) is 11.7. The number of carbonyl (C=O) groups is 1. The van der Waals surface area contributed by atoms with E-state index < -0.39 is 11.7 Å². The second-order valence-electron chi connectivity index (χ2n) is 4.65. The molecule has 0 aliphatic carbocycles. The van der Waals surface area contributed by atoms with Gasteiger partial charge in [-0.05, 0) is 37.1 Å². The van der Waals surface area contributed by atoms with Crippen molar-refractivity contribution in [3.8, 4) is 0 Å². The lowest BCUT2D eigenvalue weighted by atomic mass is 10.0. The Bertz CT molecular complexity index is 622. The Morgan fingerprint density at radius 1 is 1.20 bits per heavy atom. The third-order valence-electron chi connectivity index (χ3n) is 3.19. The Balaban J connectivity index is 2.22. The number of hydrogen-bond donors (Lipinski definition) is 1. The summed E-state index contributed by atoms with van der Waals surface area (Å²) in [6.45, 7) is 3.82. The van der Waals surface area contributed by atoms with Gasteiger partial charge in [0.05, 0.1) is 16.6 Å². The molecule has 20 heavy (non-hydrogen) atoms. The first-order valence-corrected chi connectivity index (χ1v) is 6.69. The molecular weight excluding hydrogens is 277 g/mol. The fraction of sp³-hybridized carbons (Fsp3) is 0.188. The molecule has 1 unspecified atom stereocenters. The van der Waals surface area contributed by atoms with Gasteiger partial charge in [0.1, 0.15) is 5.82 Å². The first-order chi connectivity index (χ1) is 9.50. The largest absolute Gasteiger partial charge is 0.345 e. The van der Waals surface area contributed by atoms with E-state index in [0.717, 1.165) is 11.1 Å². The number of amides is 1. The number of rotatable bonds is 3. The quantitative estimate of drug-likeness (QED) is 0.898. The summed E-state index contributed by atoms with van der Waals surface area (Å²) in [5.41, 5.74) is 1.95. The van der Waals surface area contributed by atoms with Gasteiger partial charge in [0, 0.05) is 0 Å². The molecule has 104 valence electrons. The van der Waals surface area contributed by atoms with Crippen molar-refractivity contribution < 1.29 is 9.18 Å². The van der Waals surface area contributed by atoms with Crippen molar-refractivity contribution in [1.29, 1.82) is 0 Å². The second kappa shape index (κ2) is 6.06. The lowest BCUT2D eigenvalue weighted by Crippen LogP contribution is -2.28. The zero-order valence-corrected chi connectivity index (χ0v) is 12.0. The summed E-state index contributed by atoms with van der Waals surface area (Å²) in [4.78, 5) is 12.1. The predicted molar refractivity (Wildman–Crippen MR) is 78.5 cm³/mol. The minimum Gasteiger partial charge on any atom is -0.345 e. The summed E-state index contributed by atoms with van der Waals surface area (Å²) in [5, 5.41) is 2.88. The lowest BCUT2D eigenvalue weighted by molar-refractivity contribution is 0.0936. The Morgan fingerprint density at radius 2 is 1.90 bits per heavy atom. The van der Waals surface area contributed by atoms with Gasteiger partial charge in [0.25, 0.3) is 5.91 Å². The van der Waals surface area contributed by atoms with Crippen LogP contribution in [-0.4, -0.2) is 5.91 Å². The van der Waals surface area contributed by atoms with Crippen molar-refractivity contribution in [2.75, 3.05) is 0 Å². The third-order valence-corrected chi connectivity index (χ3v) is 3.51. The SMILES string of the molecule is Cc1ccccc1C(C)NC(=O)c1c(F)cccc1Cl. The second-order valence-corrected chi connectivity index (χ2v) is 5.06. The molecule has 2 aromatic carbocycles. The molecule has 0 aliphatic heterocycles. The van der Waals surface area contributed by atoms with Crippen molar-refractivity contribution in [2.45, 2.75) is 19.9 Å². The van der Waals surface area contributed by atoms with E-state index in [1.807, 2.05) is 38.1 Å². The van der Waals surface area contributed by atoms with Crippen LogP contribution in [0, 0.1) is 12.7 Å². The van der Waals surface area contributed by atoms with Gasteiger partial charge < -0.3 is 5.32 Å². The van der Waals surface area contributed by atoms with Crippen molar-refractivity contribution in [2.24, 2.45) is 0 Å². The van der Waals surface area contributed by atoms with Gasteiger partial charge in [0.15, 0.2) is 0 Å². The van der Waals surface area contributed by atoms with E-state index in [1.165, 1.54) is 18.2 Å². The van der Waals surface area contributed by atoms with E-state index in [2.05, 4.69) is 5.32 Å². The van der Waals surface area contributed by atoms with E-state index in [0.29, 0.717) is 0 Å². The van der Waals surface area contributed by atoms with Crippen LogP contribution in [0.2, 0.25) is 5.02 Å². The number of benzene rings is 2. The normalized spacial score (nSPS) is 12.0. The molecule has 1 amide bonds. The Labute approximate surface area is 122 Å². The highest BCUT2D eigenvalue weighted by Crippen LogP contribution is 2.21. The van der Waals surface area contributed by atoms with Gasteiger partial charge in [-0.2, -0.15) is 0 Å². The molecule has 0 fully saturated rings. The molecule has 2 nitrogen and oxygen atoms in total. The lowest BCUT2D eigenvalue weighted by Gasteiger charge is -2.17. The van der Waals surface area contributed by atoms with Crippen LogP contribution in [0.25, 0.3) is 0 Å². The highest BCUT2D eigenvalue weighted by atomic mass is 35.5. The summed E-state index contributed by atoms with van der Waals surface area (Å²) in [7, 11) is 0. The molecule has 0 saturated heterocycles. The van der Waals surface area contributed by atoms with Crippen LogP contribution in [0.5, 0.6) is 0 Å². The van der Waals surface area contributed by atoms with Gasteiger partial charge in [0.2, 0.25) is 0 Å². The van der Waals surface area contributed by atoms with Crippen LogP contribution in [0.15, 0.2) is 42.5 Å². The van der Waals surface area contributed by atoms with Crippen molar-refractivity contribution in [1.82, 2.24) is 5.32 Å². The van der Waals surface area contributed by atoms with Crippen LogP contribution in [0.1, 0.15) is 34.5 Å². The number of hydrogen-bond acceptors (Lipinski definition) is 1. The molecule has 0 aromatic heterocycles. The third kappa shape index (κ3) is 2.99. The molecule has 1 atom stereocenters. The molecule has 0 radical (unpaired) electrons. The van der Waals surface area contributed by atoms with E-state index in [1.54, 1.807) is 0 Å². The maximum Gasteiger partial charge on any atom is 0.256 e. The highest BCUT2D eigenvalue weighted by Gasteiger charge is 2.18. The van der Waals surface area contributed by atoms with Gasteiger partial charge in [-0.3, -0.25) is 4.79 Å². The van der Waals surface area contributed by atoms with E-state index in [4.69, 9.17) is 11.6 Å². The molecule has 0 saturated carbocycles. The van der Waals surface area contributed by atoms with Crippen LogP contribution in [0.3, 0.4) is 0 Å². The van der Waals surface area contributed by atoms with E-state index in [-0.39, 0.29) is 16.6 Å². The van der Waals surface area contributed by atoms with Gasteiger partial charge in [-0.25, -0.2) is 4.39 Å². The molecule has 1 N–H and O–H groups in total. The molecule has 2 rings (SSSR count). The fourth-order valence-electron chi connectivity index (χ4n) is 2.13. The van der Waals surface area contributed by atoms with E-state index in [9.17, 15) is 9.18 Å². The van der Waals surface area contributed by atoms with Gasteiger partial charge in [-0.15, -0.1) is 0 Å².